The molecule has 0 aliphatic rings. The highest BCUT2D eigenvalue weighted by atomic mass is 16.5. The summed E-state index contributed by atoms with van der Waals surface area (Å²) in [7, 11) is 2.96. The average Bonchev–Trinajstić information content (AvgIpc) is 3.10. The Labute approximate surface area is 168 Å². The largest absolute Gasteiger partial charge is 0.465 e. The van der Waals surface area contributed by atoms with Gasteiger partial charge in [0.15, 0.2) is 6.61 Å². The Hall–Kier alpha value is -3.61. The van der Waals surface area contributed by atoms with E-state index in [2.05, 4.69) is 0 Å². The minimum atomic E-state index is -0.566. The molecule has 0 bridgehead atoms. The molecular weight excluding hydrogens is 372 g/mol. The minimum absolute atomic E-state index is 0.118. The van der Waals surface area contributed by atoms with Crippen LogP contribution in [0.3, 0.4) is 0 Å². The van der Waals surface area contributed by atoms with Gasteiger partial charge in [0, 0.05) is 30.7 Å². The Morgan fingerprint density at radius 1 is 1.00 bits per heavy atom. The lowest BCUT2D eigenvalue weighted by molar-refractivity contribution is -0.152. The third-order valence-electron chi connectivity index (χ3n) is 4.54. The van der Waals surface area contributed by atoms with Crippen molar-refractivity contribution in [3.05, 3.63) is 71.9 Å². The van der Waals surface area contributed by atoms with E-state index in [0.29, 0.717) is 23.0 Å². The summed E-state index contributed by atoms with van der Waals surface area (Å²) in [5.41, 5.74) is 2.07. The van der Waals surface area contributed by atoms with Crippen LogP contribution in [-0.2, 0) is 32.2 Å². The van der Waals surface area contributed by atoms with E-state index in [0.717, 1.165) is 5.56 Å². The van der Waals surface area contributed by atoms with E-state index in [4.69, 9.17) is 9.47 Å². The molecule has 1 amide bonds. The van der Waals surface area contributed by atoms with Gasteiger partial charge in [-0.2, -0.15) is 0 Å². The number of rotatable bonds is 7. The molecule has 3 rings (SSSR count). The standard InChI is InChI=1S/C22H22N2O5/c1-23(12-16-8-4-3-5-9-16)20(25)15-29-21(26)14-24-13-18(22(27)28-2)17-10-6-7-11-19(17)24/h3-11,13H,12,14-15H2,1-2H3. The summed E-state index contributed by atoms with van der Waals surface area (Å²) in [5.74, 6) is -1.34. The number of hydrogen-bond acceptors (Lipinski definition) is 5. The van der Waals surface area contributed by atoms with E-state index >= 15 is 0 Å². The van der Waals surface area contributed by atoms with Crippen LogP contribution in [0.5, 0.6) is 0 Å². The lowest BCUT2D eigenvalue weighted by Crippen LogP contribution is -2.31. The van der Waals surface area contributed by atoms with Crippen LogP contribution < -0.4 is 0 Å². The van der Waals surface area contributed by atoms with Gasteiger partial charge >= 0.3 is 11.9 Å². The number of esters is 2. The van der Waals surface area contributed by atoms with Gasteiger partial charge in [0.25, 0.3) is 5.91 Å². The zero-order chi connectivity index (χ0) is 20.8. The molecule has 29 heavy (non-hydrogen) atoms. The predicted octanol–water partition coefficient (Wildman–Crippen LogP) is 2.63. The van der Waals surface area contributed by atoms with Gasteiger partial charge in [0.05, 0.1) is 12.7 Å². The zero-order valence-corrected chi connectivity index (χ0v) is 16.3. The first kappa shape index (κ1) is 20.1. The molecule has 2 aromatic carbocycles. The summed E-state index contributed by atoms with van der Waals surface area (Å²) in [6.45, 7) is -0.0274. The van der Waals surface area contributed by atoms with Crippen molar-refractivity contribution in [2.45, 2.75) is 13.1 Å². The summed E-state index contributed by atoms with van der Waals surface area (Å²) in [4.78, 5) is 38.0. The van der Waals surface area contributed by atoms with Crippen LogP contribution in [-0.4, -0.2) is 48.1 Å². The Kier molecular flexibility index (Phi) is 6.29. The smallest absolute Gasteiger partial charge is 0.340 e. The van der Waals surface area contributed by atoms with Crippen LogP contribution >= 0.6 is 0 Å². The molecule has 0 unspecified atom stereocenters. The molecule has 1 heterocycles. The van der Waals surface area contributed by atoms with Crippen molar-refractivity contribution < 1.29 is 23.9 Å². The second-order valence-corrected chi connectivity index (χ2v) is 6.58. The Morgan fingerprint density at radius 2 is 1.69 bits per heavy atom. The monoisotopic (exact) mass is 394 g/mol. The van der Waals surface area contributed by atoms with E-state index in [1.807, 2.05) is 36.4 Å². The summed E-state index contributed by atoms with van der Waals surface area (Å²) < 4.78 is 11.6. The maximum absolute atomic E-state index is 12.3. The molecule has 0 aliphatic heterocycles. The fourth-order valence-electron chi connectivity index (χ4n) is 3.03. The maximum Gasteiger partial charge on any atom is 0.340 e. The van der Waals surface area contributed by atoms with Gasteiger partial charge in [-0.25, -0.2) is 4.79 Å². The fraction of sp³-hybridized carbons (Fsp3) is 0.227. The molecule has 0 radical (unpaired) electrons. The quantitative estimate of drug-likeness (QED) is 0.576. The molecule has 150 valence electrons. The topological polar surface area (TPSA) is 77.8 Å². The van der Waals surface area contributed by atoms with Gasteiger partial charge in [-0.05, 0) is 11.6 Å². The molecule has 7 heteroatoms. The van der Waals surface area contributed by atoms with Crippen LogP contribution in [0.25, 0.3) is 10.9 Å². The average molecular weight is 394 g/mol. The van der Waals surface area contributed by atoms with Crippen molar-refractivity contribution in [3.8, 4) is 0 Å². The molecule has 1 aromatic heterocycles. The zero-order valence-electron chi connectivity index (χ0n) is 16.3. The molecule has 0 spiro atoms. The van der Waals surface area contributed by atoms with Crippen LogP contribution in [0.15, 0.2) is 60.8 Å². The molecule has 0 saturated carbocycles. The van der Waals surface area contributed by atoms with Crippen LogP contribution in [0.1, 0.15) is 15.9 Å². The number of likely N-dealkylation sites (N-methyl/N-ethyl adjacent to an activating group) is 1. The van der Waals surface area contributed by atoms with E-state index in [1.165, 1.54) is 12.0 Å². The van der Waals surface area contributed by atoms with E-state index in [9.17, 15) is 14.4 Å². The normalized spacial score (nSPS) is 10.6. The number of fused-ring (bicyclic) bond motifs is 1. The molecule has 0 fully saturated rings. The van der Waals surface area contributed by atoms with Gasteiger partial charge in [0.1, 0.15) is 6.54 Å². The number of aromatic nitrogens is 1. The SMILES string of the molecule is COC(=O)c1cn(CC(=O)OCC(=O)N(C)Cc2ccccc2)c2ccccc12. The van der Waals surface area contributed by atoms with Crippen molar-refractivity contribution >= 4 is 28.7 Å². The minimum Gasteiger partial charge on any atom is -0.465 e. The molecule has 0 N–H and O–H groups in total. The highest BCUT2D eigenvalue weighted by Gasteiger charge is 2.18. The third-order valence-corrected chi connectivity index (χ3v) is 4.54. The third kappa shape index (κ3) is 4.82. The highest BCUT2D eigenvalue weighted by Crippen LogP contribution is 2.22. The number of para-hydroxylation sites is 1. The van der Waals surface area contributed by atoms with Crippen LogP contribution in [0, 0.1) is 0 Å². The number of amides is 1. The Bertz CT molecular complexity index is 1030. The first-order chi connectivity index (χ1) is 14.0. The van der Waals surface area contributed by atoms with E-state index < -0.39 is 11.9 Å². The van der Waals surface area contributed by atoms with Crippen LogP contribution in [0.2, 0.25) is 0 Å². The van der Waals surface area contributed by atoms with Gasteiger partial charge < -0.3 is 18.9 Å². The molecule has 3 aromatic rings. The predicted molar refractivity (Wildman–Crippen MR) is 107 cm³/mol. The Morgan fingerprint density at radius 3 is 2.41 bits per heavy atom. The fourth-order valence-corrected chi connectivity index (χ4v) is 3.03. The van der Waals surface area contributed by atoms with Gasteiger partial charge in [-0.15, -0.1) is 0 Å². The number of carbonyl (C=O) groups is 3. The first-order valence-electron chi connectivity index (χ1n) is 9.09. The number of carbonyl (C=O) groups excluding carboxylic acids is 3. The van der Waals surface area contributed by atoms with Crippen molar-refractivity contribution in [1.82, 2.24) is 9.47 Å². The van der Waals surface area contributed by atoms with E-state index in [-0.39, 0.29) is 19.1 Å². The lowest BCUT2D eigenvalue weighted by Gasteiger charge is -2.17. The van der Waals surface area contributed by atoms with Gasteiger partial charge in [0.2, 0.25) is 0 Å². The Balaban J connectivity index is 1.61. The van der Waals surface area contributed by atoms with Crippen molar-refractivity contribution in [2.75, 3.05) is 20.8 Å². The molecule has 0 saturated heterocycles. The van der Waals surface area contributed by atoms with Crippen LogP contribution in [0.4, 0.5) is 0 Å². The van der Waals surface area contributed by atoms with Gasteiger partial charge in [-0.1, -0.05) is 48.5 Å². The summed E-state index contributed by atoms with van der Waals surface area (Å²) >= 11 is 0. The first-order valence-corrected chi connectivity index (χ1v) is 9.09. The van der Waals surface area contributed by atoms with Crippen molar-refractivity contribution in [1.29, 1.82) is 0 Å². The maximum atomic E-state index is 12.3. The summed E-state index contributed by atoms with van der Waals surface area (Å²) in [6, 6.07) is 16.8. The summed E-state index contributed by atoms with van der Waals surface area (Å²) in [5, 5.41) is 0.686. The summed E-state index contributed by atoms with van der Waals surface area (Å²) in [6.07, 6.45) is 1.56. The molecular formula is C22H22N2O5. The number of benzene rings is 2. The van der Waals surface area contributed by atoms with Gasteiger partial charge in [-0.3, -0.25) is 9.59 Å². The number of nitrogens with zero attached hydrogens (tertiary/aromatic N) is 2. The second kappa shape index (κ2) is 9.05. The van der Waals surface area contributed by atoms with Crippen molar-refractivity contribution in [2.24, 2.45) is 0 Å². The van der Waals surface area contributed by atoms with Crippen molar-refractivity contribution in [3.63, 3.8) is 0 Å². The molecule has 0 atom stereocenters. The molecule has 7 nitrogen and oxygen atoms in total. The molecule has 0 aliphatic carbocycles. The number of ether oxygens (including phenoxy) is 2. The highest BCUT2D eigenvalue weighted by molar-refractivity contribution is 6.04. The van der Waals surface area contributed by atoms with E-state index in [1.54, 1.807) is 36.0 Å². The number of hydrogen-bond donors (Lipinski definition) is 0. The number of methoxy groups -OCH3 is 1. The lowest BCUT2D eigenvalue weighted by atomic mass is 10.2. The second-order valence-electron chi connectivity index (χ2n) is 6.58.